The summed E-state index contributed by atoms with van der Waals surface area (Å²) >= 11 is 0. The van der Waals surface area contributed by atoms with Gasteiger partial charge in [0.15, 0.2) is 0 Å². The smallest absolute Gasteiger partial charge is 0.316 e. The maximum absolute atomic E-state index is 12.4. The Bertz CT molecular complexity index is 194. The largest absolute Gasteiger partial charge is 0.406 e. The van der Waals surface area contributed by atoms with Crippen LogP contribution in [0.3, 0.4) is 0 Å². The fourth-order valence-electron chi connectivity index (χ4n) is 1.52. The first-order valence-corrected chi connectivity index (χ1v) is 4.56. The van der Waals surface area contributed by atoms with Gasteiger partial charge in [-0.3, -0.25) is 0 Å². The fourth-order valence-corrected chi connectivity index (χ4v) is 1.52. The Morgan fingerprint density at radius 2 is 1.92 bits per heavy atom. The van der Waals surface area contributed by atoms with Gasteiger partial charge in [-0.25, -0.2) is 0 Å². The van der Waals surface area contributed by atoms with Crippen LogP contribution in [0.4, 0.5) is 13.2 Å². The van der Waals surface area contributed by atoms with Crippen molar-refractivity contribution in [1.82, 2.24) is 10.6 Å². The van der Waals surface area contributed by atoms with Crippen molar-refractivity contribution in [3.05, 3.63) is 0 Å². The molecule has 0 spiro atoms. The van der Waals surface area contributed by atoms with E-state index in [2.05, 4.69) is 10.6 Å². The summed E-state index contributed by atoms with van der Waals surface area (Å²) in [5.41, 5.74) is -1.53. The van der Waals surface area contributed by atoms with Crippen LogP contribution in [-0.2, 0) is 0 Å². The second-order valence-corrected chi connectivity index (χ2v) is 3.99. The highest BCUT2D eigenvalue weighted by Gasteiger charge is 2.63. The molecule has 13 heavy (non-hydrogen) atoms. The normalized spacial score (nSPS) is 27.0. The van der Waals surface area contributed by atoms with Gasteiger partial charge < -0.3 is 10.6 Å². The lowest BCUT2D eigenvalue weighted by molar-refractivity contribution is -0.166. The van der Waals surface area contributed by atoms with Crippen LogP contribution in [0.15, 0.2) is 0 Å². The zero-order valence-electron chi connectivity index (χ0n) is 7.25. The minimum atomic E-state index is -4.07. The highest BCUT2D eigenvalue weighted by molar-refractivity contribution is 5.08. The monoisotopic (exact) mass is 194 g/mol. The summed E-state index contributed by atoms with van der Waals surface area (Å²) in [7, 11) is 0. The standard InChI is InChI=1S/C8H13F3N2/c9-8(10,11)7(1-2-7)13-5-6-3-12-4-6/h6,12-13H,1-5H2. The van der Waals surface area contributed by atoms with Gasteiger partial charge in [0.1, 0.15) is 5.54 Å². The average molecular weight is 194 g/mol. The Hall–Kier alpha value is -0.290. The van der Waals surface area contributed by atoms with E-state index in [0.717, 1.165) is 13.1 Å². The lowest BCUT2D eigenvalue weighted by Gasteiger charge is -2.30. The van der Waals surface area contributed by atoms with Crippen LogP contribution in [-0.4, -0.2) is 31.3 Å². The van der Waals surface area contributed by atoms with Crippen LogP contribution in [0.25, 0.3) is 0 Å². The molecule has 2 fully saturated rings. The van der Waals surface area contributed by atoms with Gasteiger partial charge in [0.25, 0.3) is 0 Å². The number of rotatable bonds is 3. The molecule has 0 aromatic rings. The Kier molecular flexibility index (Phi) is 2.03. The number of nitrogens with one attached hydrogen (secondary N) is 2. The van der Waals surface area contributed by atoms with E-state index in [-0.39, 0.29) is 12.8 Å². The number of hydrogen-bond donors (Lipinski definition) is 2. The number of alkyl halides is 3. The zero-order chi connectivity index (χ0) is 9.53. The van der Waals surface area contributed by atoms with Crippen LogP contribution in [0.1, 0.15) is 12.8 Å². The Morgan fingerprint density at radius 3 is 2.23 bits per heavy atom. The molecule has 0 unspecified atom stereocenters. The summed E-state index contributed by atoms with van der Waals surface area (Å²) in [6.45, 7) is 2.19. The van der Waals surface area contributed by atoms with Gasteiger partial charge >= 0.3 is 6.18 Å². The van der Waals surface area contributed by atoms with Gasteiger partial charge in [-0.1, -0.05) is 0 Å². The van der Waals surface area contributed by atoms with Gasteiger partial charge in [-0.15, -0.1) is 0 Å². The molecule has 2 aliphatic rings. The summed E-state index contributed by atoms with van der Waals surface area (Å²) in [6.07, 6.45) is -3.57. The molecule has 0 aromatic heterocycles. The third-order valence-electron chi connectivity index (χ3n) is 2.89. The molecule has 1 saturated heterocycles. The zero-order valence-corrected chi connectivity index (χ0v) is 7.25. The van der Waals surface area contributed by atoms with Crippen molar-refractivity contribution >= 4 is 0 Å². The first-order chi connectivity index (χ1) is 6.04. The van der Waals surface area contributed by atoms with Gasteiger partial charge in [-0.2, -0.15) is 13.2 Å². The minimum Gasteiger partial charge on any atom is -0.316 e. The van der Waals surface area contributed by atoms with E-state index in [1.165, 1.54) is 0 Å². The molecule has 76 valence electrons. The molecule has 2 rings (SSSR count). The summed E-state index contributed by atoms with van der Waals surface area (Å²) in [6, 6.07) is 0. The second-order valence-electron chi connectivity index (χ2n) is 3.99. The van der Waals surface area contributed by atoms with E-state index in [4.69, 9.17) is 0 Å². The van der Waals surface area contributed by atoms with E-state index >= 15 is 0 Å². The van der Waals surface area contributed by atoms with E-state index in [1.807, 2.05) is 0 Å². The third-order valence-corrected chi connectivity index (χ3v) is 2.89. The van der Waals surface area contributed by atoms with E-state index in [0.29, 0.717) is 12.5 Å². The predicted octanol–water partition coefficient (Wildman–Crippen LogP) is 0.890. The second kappa shape index (κ2) is 2.85. The van der Waals surface area contributed by atoms with Crippen LogP contribution in [0.2, 0.25) is 0 Å². The highest BCUT2D eigenvalue weighted by atomic mass is 19.4. The summed E-state index contributed by atoms with van der Waals surface area (Å²) in [4.78, 5) is 0. The highest BCUT2D eigenvalue weighted by Crippen LogP contribution is 2.48. The SMILES string of the molecule is FC(F)(F)C1(NCC2CNC2)CC1. The Morgan fingerprint density at radius 1 is 1.31 bits per heavy atom. The van der Waals surface area contributed by atoms with Crippen molar-refractivity contribution in [2.75, 3.05) is 19.6 Å². The molecule has 0 bridgehead atoms. The molecule has 2 N–H and O–H groups in total. The molecule has 0 atom stereocenters. The van der Waals surface area contributed by atoms with Gasteiger partial charge in [-0.05, 0) is 18.8 Å². The molecule has 0 aromatic carbocycles. The van der Waals surface area contributed by atoms with E-state index in [1.54, 1.807) is 0 Å². The average Bonchev–Trinajstić information content (AvgIpc) is 2.62. The minimum absolute atomic E-state index is 0.247. The maximum atomic E-state index is 12.4. The maximum Gasteiger partial charge on any atom is 0.406 e. The summed E-state index contributed by atoms with van der Waals surface area (Å²) in [5, 5.41) is 5.68. The van der Waals surface area contributed by atoms with Crippen LogP contribution in [0.5, 0.6) is 0 Å². The van der Waals surface area contributed by atoms with Crippen LogP contribution >= 0.6 is 0 Å². The van der Waals surface area contributed by atoms with Crippen molar-refractivity contribution in [2.45, 2.75) is 24.6 Å². The molecule has 1 aliphatic carbocycles. The lowest BCUT2D eigenvalue weighted by Crippen LogP contribution is -2.53. The summed E-state index contributed by atoms with van der Waals surface area (Å²) < 4.78 is 37.2. The van der Waals surface area contributed by atoms with Crippen molar-refractivity contribution in [3.63, 3.8) is 0 Å². The van der Waals surface area contributed by atoms with Crippen molar-refractivity contribution in [1.29, 1.82) is 0 Å². The number of hydrogen-bond acceptors (Lipinski definition) is 2. The predicted molar refractivity (Wildman–Crippen MR) is 42.4 cm³/mol. The fraction of sp³-hybridized carbons (Fsp3) is 1.00. The van der Waals surface area contributed by atoms with Crippen molar-refractivity contribution in [2.24, 2.45) is 5.92 Å². The molecule has 0 radical (unpaired) electrons. The molecular formula is C8H13F3N2. The molecule has 1 heterocycles. The Balaban J connectivity index is 1.79. The van der Waals surface area contributed by atoms with Crippen molar-refractivity contribution < 1.29 is 13.2 Å². The molecule has 0 amide bonds. The molecular weight excluding hydrogens is 181 g/mol. The van der Waals surface area contributed by atoms with E-state index in [9.17, 15) is 13.2 Å². The first-order valence-electron chi connectivity index (χ1n) is 4.56. The topological polar surface area (TPSA) is 24.1 Å². The molecule has 2 nitrogen and oxygen atoms in total. The molecule has 5 heteroatoms. The van der Waals surface area contributed by atoms with Gasteiger partial charge in [0.05, 0.1) is 0 Å². The number of halogens is 3. The van der Waals surface area contributed by atoms with Crippen LogP contribution in [0, 0.1) is 5.92 Å². The third kappa shape index (κ3) is 1.67. The summed E-state index contributed by atoms with van der Waals surface area (Å²) in [5.74, 6) is 0.389. The van der Waals surface area contributed by atoms with Gasteiger partial charge in [0.2, 0.25) is 0 Å². The van der Waals surface area contributed by atoms with Crippen LogP contribution < -0.4 is 10.6 Å². The first kappa shape index (κ1) is 9.27. The quantitative estimate of drug-likeness (QED) is 0.697. The lowest BCUT2D eigenvalue weighted by atomic mass is 10.0. The van der Waals surface area contributed by atoms with Crippen molar-refractivity contribution in [3.8, 4) is 0 Å². The molecule has 1 saturated carbocycles. The Labute approximate surface area is 74.9 Å². The molecule has 1 aliphatic heterocycles. The van der Waals surface area contributed by atoms with E-state index < -0.39 is 11.7 Å². The van der Waals surface area contributed by atoms with Gasteiger partial charge in [0, 0.05) is 19.6 Å².